The van der Waals surface area contributed by atoms with E-state index in [-0.39, 0.29) is 18.2 Å². The van der Waals surface area contributed by atoms with Gasteiger partial charge >= 0.3 is 6.11 Å². The zero-order valence-corrected chi connectivity index (χ0v) is 25.9. The molecule has 0 radical (unpaired) electrons. The van der Waals surface area contributed by atoms with E-state index >= 15 is 4.39 Å². The van der Waals surface area contributed by atoms with Gasteiger partial charge in [0.1, 0.15) is 23.1 Å². The van der Waals surface area contributed by atoms with E-state index in [0.29, 0.717) is 49.1 Å². The molecule has 0 aromatic heterocycles. The lowest BCUT2D eigenvalue weighted by Crippen LogP contribution is -2.60. The number of ether oxygens (including phenoxy) is 1. The van der Waals surface area contributed by atoms with Gasteiger partial charge in [0.25, 0.3) is 5.91 Å². The molecule has 1 saturated heterocycles. The van der Waals surface area contributed by atoms with Crippen molar-refractivity contribution < 1.29 is 27.1 Å². The molecule has 10 heteroatoms. The number of piperazine rings is 1. The van der Waals surface area contributed by atoms with Gasteiger partial charge in [-0.2, -0.15) is 8.78 Å². The highest BCUT2D eigenvalue weighted by molar-refractivity contribution is 5.94. The third-order valence-electron chi connectivity index (χ3n) is 8.15. The van der Waals surface area contributed by atoms with Crippen LogP contribution >= 0.6 is 0 Å². The first-order valence-corrected chi connectivity index (χ1v) is 15.0. The van der Waals surface area contributed by atoms with Crippen LogP contribution in [0.5, 0.6) is 5.75 Å². The number of alkyl halides is 2. The van der Waals surface area contributed by atoms with Gasteiger partial charge in [-0.25, -0.2) is 8.78 Å². The molecule has 0 unspecified atom stereocenters. The van der Waals surface area contributed by atoms with E-state index in [0.717, 1.165) is 23.4 Å². The van der Waals surface area contributed by atoms with E-state index in [9.17, 15) is 18.0 Å². The van der Waals surface area contributed by atoms with Crippen molar-refractivity contribution in [2.45, 2.75) is 58.7 Å². The highest BCUT2D eigenvalue weighted by Crippen LogP contribution is 2.34. The molecule has 0 spiro atoms. The predicted octanol–water partition coefficient (Wildman–Crippen LogP) is 7.73. The fraction of sp³-hybridized carbons (Fsp3) is 0.343. The summed E-state index contributed by atoms with van der Waals surface area (Å²) in [7, 11) is 0. The average molecular weight is 623 g/mol. The number of amides is 1. The number of carbonyl (C=O) groups is 1. The van der Waals surface area contributed by atoms with Crippen LogP contribution in [0.4, 0.5) is 28.9 Å². The zero-order valence-electron chi connectivity index (χ0n) is 25.9. The lowest BCUT2D eigenvalue weighted by Gasteiger charge is -2.49. The van der Waals surface area contributed by atoms with Gasteiger partial charge in [-0.05, 0) is 100 Å². The number of carbonyl (C=O) groups excluding carboxylic acids is 1. The average Bonchev–Trinajstić information content (AvgIpc) is 3.13. The number of hydrogen-bond acceptors (Lipinski definition) is 5. The van der Waals surface area contributed by atoms with Gasteiger partial charge in [0.15, 0.2) is 0 Å². The van der Waals surface area contributed by atoms with Crippen molar-refractivity contribution in [1.82, 2.24) is 10.2 Å². The van der Waals surface area contributed by atoms with E-state index < -0.39 is 23.3 Å². The van der Waals surface area contributed by atoms with Crippen molar-refractivity contribution in [1.29, 1.82) is 0 Å². The Morgan fingerprint density at radius 3 is 2.53 bits per heavy atom. The molecule has 5 rings (SSSR count). The molecule has 0 atom stereocenters. The molecule has 3 aliphatic heterocycles. The van der Waals surface area contributed by atoms with E-state index in [2.05, 4.69) is 24.1 Å². The summed E-state index contributed by atoms with van der Waals surface area (Å²) in [5.41, 5.74) is 3.49. The largest absolute Gasteiger partial charge is 0.429 e. The monoisotopic (exact) mass is 622 g/mol. The fourth-order valence-corrected chi connectivity index (χ4v) is 6.01. The second-order valence-electron chi connectivity index (χ2n) is 12.0. The number of hydrogen-bond donors (Lipinski definition) is 1. The molecule has 0 bridgehead atoms. The van der Waals surface area contributed by atoms with Crippen LogP contribution in [0.2, 0.25) is 0 Å². The molecule has 0 aliphatic carbocycles. The number of allylic oxidation sites excluding steroid dienone is 6. The molecule has 45 heavy (non-hydrogen) atoms. The lowest BCUT2D eigenvalue weighted by atomic mass is 9.97. The maximum atomic E-state index is 15.5. The van der Waals surface area contributed by atoms with E-state index in [4.69, 9.17) is 4.74 Å². The molecular weight excluding hydrogens is 584 g/mol. The molecule has 1 N–H and O–H groups in total. The van der Waals surface area contributed by atoms with Crippen molar-refractivity contribution in [3.8, 4) is 5.75 Å². The summed E-state index contributed by atoms with van der Waals surface area (Å²) in [6.07, 6.45) is 6.27. The fourth-order valence-electron chi connectivity index (χ4n) is 6.01. The van der Waals surface area contributed by atoms with Crippen LogP contribution < -0.4 is 19.9 Å². The highest BCUT2D eigenvalue weighted by Gasteiger charge is 2.35. The molecule has 2 aromatic rings. The standard InChI is InChI=1S/C35H38F4N4O2/c1-5-17-35(38,39)45-29-14-12-28(13-15-29)43-19-18-41(23-34(43,3)4)31-16-9-25(20-30(31)37)21-40-33(44)32-24(2)7-6-8-27-11-10-26(36)22-42(27)32/h5,8-17,20,22H,6-7,18-19,21,23H2,1-4H3,(H,40,44)/b17-5+. The summed E-state index contributed by atoms with van der Waals surface area (Å²) < 4.78 is 61.9. The summed E-state index contributed by atoms with van der Waals surface area (Å²) in [5.74, 6) is -1.12. The van der Waals surface area contributed by atoms with Crippen LogP contribution in [0.15, 0.2) is 102 Å². The lowest BCUT2D eigenvalue weighted by molar-refractivity contribution is -0.131. The molecule has 1 fully saturated rings. The van der Waals surface area contributed by atoms with Gasteiger partial charge in [-0.3, -0.25) is 4.79 Å². The molecule has 1 amide bonds. The molecule has 6 nitrogen and oxygen atoms in total. The molecule has 2 aromatic carbocycles. The Hall–Kier alpha value is -4.47. The van der Waals surface area contributed by atoms with Crippen molar-refractivity contribution in [3.63, 3.8) is 0 Å². The van der Waals surface area contributed by atoms with Crippen molar-refractivity contribution in [2.24, 2.45) is 0 Å². The van der Waals surface area contributed by atoms with E-state index in [1.165, 1.54) is 43.5 Å². The minimum Gasteiger partial charge on any atom is -0.429 e. The van der Waals surface area contributed by atoms with Gasteiger partial charge in [0, 0.05) is 49.8 Å². The van der Waals surface area contributed by atoms with Gasteiger partial charge in [-0.1, -0.05) is 18.2 Å². The first-order chi connectivity index (χ1) is 21.4. The number of nitrogens with one attached hydrogen (secondary N) is 1. The first kappa shape index (κ1) is 31.9. The summed E-state index contributed by atoms with van der Waals surface area (Å²) in [6, 6.07) is 11.5. The summed E-state index contributed by atoms with van der Waals surface area (Å²) >= 11 is 0. The topological polar surface area (TPSA) is 48.1 Å². The molecule has 3 heterocycles. The van der Waals surface area contributed by atoms with Crippen molar-refractivity contribution >= 4 is 17.3 Å². The Morgan fingerprint density at radius 1 is 1.09 bits per heavy atom. The molecule has 0 saturated carbocycles. The Labute approximate surface area is 261 Å². The van der Waals surface area contributed by atoms with Gasteiger partial charge < -0.3 is 24.8 Å². The first-order valence-electron chi connectivity index (χ1n) is 15.0. The Bertz CT molecular complexity index is 1590. The minimum absolute atomic E-state index is 0.0636. The molecule has 3 aliphatic rings. The van der Waals surface area contributed by atoms with Crippen LogP contribution in [-0.4, -0.2) is 42.1 Å². The number of nitrogens with zero attached hydrogens (tertiary/aromatic N) is 3. The smallest absolute Gasteiger partial charge is 0.419 e. The number of fused-ring (bicyclic) bond motifs is 1. The van der Waals surface area contributed by atoms with Crippen LogP contribution in [0.25, 0.3) is 0 Å². The maximum absolute atomic E-state index is 15.5. The third-order valence-corrected chi connectivity index (χ3v) is 8.15. The number of benzene rings is 2. The second kappa shape index (κ2) is 12.9. The zero-order chi connectivity index (χ0) is 32.4. The van der Waals surface area contributed by atoms with E-state index in [1.54, 1.807) is 35.2 Å². The minimum atomic E-state index is -3.39. The van der Waals surface area contributed by atoms with Crippen LogP contribution in [0.3, 0.4) is 0 Å². The highest BCUT2D eigenvalue weighted by atomic mass is 19.3. The number of rotatable bonds is 8. The van der Waals surface area contributed by atoms with Crippen molar-refractivity contribution in [2.75, 3.05) is 29.4 Å². The van der Waals surface area contributed by atoms with Crippen LogP contribution in [-0.2, 0) is 11.3 Å². The quantitative estimate of drug-likeness (QED) is 0.241. The van der Waals surface area contributed by atoms with Gasteiger partial charge in [-0.15, -0.1) is 0 Å². The van der Waals surface area contributed by atoms with Crippen LogP contribution in [0, 0.1) is 5.82 Å². The molecule has 238 valence electrons. The third kappa shape index (κ3) is 7.27. The van der Waals surface area contributed by atoms with E-state index in [1.807, 2.05) is 17.9 Å². The summed E-state index contributed by atoms with van der Waals surface area (Å²) in [4.78, 5) is 19.0. The molecular formula is C35H38F4N4O2. The summed E-state index contributed by atoms with van der Waals surface area (Å²) in [6.45, 7) is 9.24. The Morgan fingerprint density at radius 2 is 1.84 bits per heavy atom. The Kier molecular flexibility index (Phi) is 9.13. The normalized spacial score (nSPS) is 18.4. The van der Waals surface area contributed by atoms with Gasteiger partial charge in [0.2, 0.25) is 0 Å². The van der Waals surface area contributed by atoms with Crippen LogP contribution in [0.1, 0.15) is 46.1 Å². The predicted molar refractivity (Wildman–Crippen MR) is 169 cm³/mol. The van der Waals surface area contributed by atoms with Gasteiger partial charge in [0.05, 0.1) is 11.2 Å². The second-order valence-corrected chi connectivity index (χ2v) is 12.0. The number of halogens is 4. The number of anilines is 2. The maximum Gasteiger partial charge on any atom is 0.419 e. The SMILES string of the molecule is C/C=C/C(F)(F)Oc1ccc(N2CCN(c3ccc(CNC(=O)C4=C(C)CCC=C5C=CC(F)=CN54)cc3F)CC2(C)C)cc1. The van der Waals surface area contributed by atoms with Crippen molar-refractivity contribution in [3.05, 3.63) is 113 Å². The Balaban J connectivity index is 1.22. The summed E-state index contributed by atoms with van der Waals surface area (Å²) in [5, 5.41) is 2.88.